The van der Waals surface area contributed by atoms with Crippen LogP contribution in [-0.2, 0) is 17.6 Å². The third-order valence-corrected chi connectivity index (χ3v) is 7.07. The van der Waals surface area contributed by atoms with Gasteiger partial charge in [0.15, 0.2) is 0 Å². The van der Waals surface area contributed by atoms with Gasteiger partial charge >= 0.3 is 5.97 Å². The van der Waals surface area contributed by atoms with Crippen molar-refractivity contribution in [2.24, 2.45) is 0 Å². The number of aliphatic hydroxyl groups excluding tert-OH is 1. The van der Waals surface area contributed by atoms with Crippen molar-refractivity contribution in [3.63, 3.8) is 0 Å². The van der Waals surface area contributed by atoms with Crippen LogP contribution in [0, 0.1) is 0 Å². The Morgan fingerprint density at radius 1 is 1.03 bits per heavy atom. The topological polar surface area (TPSA) is 116 Å². The lowest BCUT2D eigenvalue weighted by Gasteiger charge is -2.25. The molecule has 1 unspecified atom stereocenters. The zero-order valence-electron chi connectivity index (χ0n) is 21.1. The summed E-state index contributed by atoms with van der Waals surface area (Å²) in [7, 11) is 0. The number of carbonyl (C=O) groups is 2. The highest BCUT2D eigenvalue weighted by Gasteiger charge is 2.34. The van der Waals surface area contributed by atoms with E-state index in [1.54, 1.807) is 11.0 Å². The molecule has 0 radical (unpaired) electrons. The van der Waals surface area contributed by atoms with Gasteiger partial charge in [0.1, 0.15) is 22.8 Å². The molecule has 4 aromatic rings. The molecular formula is C30H27ClN4O4. The molecule has 8 nitrogen and oxygen atoms in total. The van der Waals surface area contributed by atoms with Crippen LogP contribution < -0.4 is 10.2 Å². The number of aromatic nitrogens is 2. The number of aliphatic hydroxyl groups is 1. The molecular weight excluding hydrogens is 516 g/mol. The van der Waals surface area contributed by atoms with Crippen molar-refractivity contribution in [1.29, 1.82) is 0 Å². The zero-order valence-corrected chi connectivity index (χ0v) is 21.9. The first-order chi connectivity index (χ1) is 18.8. The number of carboxylic acid groups (broad SMARTS) is 1. The van der Waals surface area contributed by atoms with Crippen molar-refractivity contribution < 1.29 is 19.8 Å². The van der Waals surface area contributed by atoms with Crippen LogP contribution in [0.5, 0.6) is 0 Å². The number of amides is 1. The number of benzene rings is 3. The Kier molecular flexibility index (Phi) is 7.47. The van der Waals surface area contributed by atoms with Crippen LogP contribution in [0.3, 0.4) is 0 Å². The van der Waals surface area contributed by atoms with Gasteiger partial charge in [0.25, 0.3) is 5.91 Å². The first-order valence-electron chi connectivity index (χ1n) is 12.6. The highest BCUT2D eigenvalue weighted by Crippen LogP contribution is 2.32. The lowest BCUT2D eigenvalue weighted by molar-refractivity contribution is -0.138. The second-order valence-electron chi connectivity index (χ2n) is 9.56. The van der Waals surface area contributed by atoms with Crippen LogP contribution in [0.2, 0.25) is 5.15 Å². The number of anilines is 2. The maximum absolute atomic E-state index is 12.8. The first kappa shape index (κ1) is 26.2. The van der Waals surface area contributed by atoms with E-state index >= 15 is 0 Å². The first-order valence-corrected chi connectivity index (χ1v) is 13.0. The normalized spacial score (nSPS) is 14.9. The Bertz CT molecular complexity index is 1570. The molecule has 1 amide bonds. The average molecular weight is 543 g/mol. The van der Waals surface area contributed by atoms with Crippen LogP contribution in [0.15, 0.2) is 79.1 Å². The molecule has 1 saturated heterocycles. The molecule has 0 saturated carbocycles. The number of fused-ring (bicyclic) bond motifs is 1. The van der Waals surface area contributed by atoms with E-state index in [4.69, 9.17) is 11.6 Å². The number of nitrogens with zero attached hydrogens (tertiary/aromatic N) is 3. The van der Waals surface area contributed by atoms with Crippen LogP contribution in [0.1, 0.15) is 40.2 Å². The summed E-state index contributed by atoms with van der Waals surface area (Å²) < 4.78 is 0. The van der Waals surface area contributed by atoms with Gasteiger partial charge in [0, 0.05) is 36.2 Å². The molecule has 0 aliphatic carbocycles. The fourth-order valence-corrected chi connectivity index (χ4v) is 5.11. The summed E-state index contributed by atoms with van der Waals surface area (Å²) in [4.78, 5) is 35.4. The molecule has 198 valence electrons. The summed E-state index contributed by atoms with van der Waals surface area (Å²) in [5.74, 6) is -0.413. The third kappa shape index (κ3) is 5.86. The summed E-state index contributed by atoms with van der Waals surface area (Å²) in [5, 5.41) is 24.6. The Morgan fingerprint density at radius 3 is 2.49 bits per heavy atom. The van der Waals surface area contributed by atoms with Crippen molar-refractivity contribution in [3.05, 3.63) is 107 Å². The molecule has 39 heavy (non-hydrogen) atoms. The van der Waals surface area contributed by atoms with Crippen molar-refractivity contribution in [2.45, 2.75) is 31.7 Å². The molecule has 9 heteroatoms. The van der Waals surface area contributed by atoms with E-state index in [1.165, 1.54) is 0 Å². The van der Waals surface area contributed by atoms with Crippen LogP contribution in [0.4, 0.5) is 11.5 Å². The number of carboxylic acids is 1. The largest absolute Gasteiger partial charge is 0.513 e. The Balaban J connectivity index is 1.34. The number of halogens is 1. The van der Waals surface area contributed by atoms with Gasteiger partial charge in [-0.2, -0.15) is 0 Å². The van der Waals surface area contributed by atoms with Gasteiger partial charge in [-0.15, -0.1) is 0 Å². The summed E-state index contributed by atoms with van der Waals surface area (Å²) in [5.41, 5.74) is 2.55. The number of hydrogen-bond donors (Lipinski definition) is 3. The minimum Gasteiger partial charge on any atom is -0.513 e. The van der Waals surface area contributed by atoms with E-state index in [0.29, 0.717) is 54.3 Å². The number of hydrogen-bond acceptors (Lipinski definition) is 6. The predicted octanol–water partition coefficient (Wildman–Crippen LogP) is 5.79. The van der Waals surface area contributed by atoms with E-state index in [-0.39, 0.29) is 23.2 Å². The van der Waals surface area contributed by atoms with E-state index in [0.717, 1.165) is 16.3 Å². The van der Waals surface area contributed by atoms with Crippen molar-refractivity contribution in [1.82, 2.24) is 9.97 Å². The van der Waals surface area contributed by atoms with Gasteiger partial charge in [-0.05, 0) is 53.4 Å². The van der Waals surface area contributed by atoms with E-state index in [2.05, 4.69) is 21.9 Å². The lowest BCUT2D eigenvalue weighted by atomic mass is 10.1. The van der Waals surface area contributed by atoms with Gasteiger partial charge in [0.2, 0.25) is 0 Å². The minimum atomic E-state index is -0.932. The molecule has 1 aliphatic rings. The fourth-order valence-electron chi connectivity index (χ4n) is 4.86. The molecule has 0 spiro atoms. The van der Waals surface area contributed by atoms with E-state index in [1.807, 2.05) is 60.7 Å². The van der Waals surface area contributed by atoms with Crippen LogP contribution >= 0.6 is 11.6 Å². The minimum absolute atomic E-state index is 0.0306. The quantitative estimate of drug-likeness (QED) is 0.190. The van der Waals surface area contributed by atoms with Gasteiger partial charge in [-0.25, -0.2) is 14.8 Å². The highest BCUT2D eigenvalue weighted by atomic mass is 35.5. The smallest absolute Gasteiger partial charge is 0.326 e. The predicted molar refractivity (Wildman–Crippen MR) is 152 cm³/mol. The van der Waals surface area contributed by atoms with Gasteiger partial charge in [-0.1, -0.05) is 60.6 Å². The maximum atomic E-state index is 12.8. The monoisotopic (exact) mass is 542 g/mol. The summed E-state index contributed by atoms with van der Waals surface area (Å²) in [6.45, 7) is 4.06. The average Bonchev–Trinajstić information content (AvgIpc) is 3.41. The molecule has 2 heterocycles. The standard InChI is InChI=1S/C30H27ClN4O4/c1-18(36)15-24-27(31)33-26(34-28(24)35-14-4-7-25(35)30(38)39)16-19-8-12-23(13-9-19)32-29(37)22-11-10-20-5-2-3-6-21(20)17-22/h2-3,5-6,8-13,17,25,36H,1,4,7,14-16H2,(H,32,37)(H,38,39). The van der Waals surface area contributed by atoms with Crippen molar-refractivity contribution in [3.8, 4) is 0 Å². The molecule has 0 bridgehead atoms. The number of carbonyl (C=O) groups excluding carboxylic acids is 1. The second-order valence-corrected chi connectivity index (χ2v) is 9.91. The van der Waals surface area contributed by atoms with Gasteiger partial charge < -0.3 is 20.4 Å². The highest BCUT2D eigenvalue weighted by molar-refractivity contribution is 6.30. The Morgan fingerprint density at radius 2 is 1.77 bits per heavy atom. The Labute approximate surface area is 230 Å². The summed E-state index contributed by atoms with van der Waals surface area (Å²) in [6, 6.07) is 20.1. The number of allylic oxidation sites excluding steroid dienone is 1. The fraction of sp³-hybridized carbons (Fsp3) is 0.200. The lowest BCUT2D eigenvalue weighted by Crippen LogP contribution is -2.37. The number of aliphatic carboxylic acids is 1. The maximum Gasteiger partial charge on any atom is 0.326 e. The van der Waals surface area contributed by atoms with E-state index < -0.39 is 12.0 Å². The van der Waals surface area contributed by atoms with Crippen LogP contribution in [0.25, 0.3) is 10.8 Å². The zero-order chi connectivity index (χ0) is 27.5. The third-order valence-electron chi connectivity index (χ3n) is 6.76. The van der Waals surface area contributed by atoms with Gasteiger partial charge in [0.05, 0.1) is 5.76 Å². The summed E-state index contributed by atoms with van der Waals surface area (Å²) >= 11 is 6.50. The molecule has 1 atom stereocenters. The van der Waals surface area contributed by atoms with E-state index in [9.17, 15) is 19.8 Å². The van der Waals surface area contributed by atoms with Gasteiger partial charge in [-0.3, -0.25) is 4.79 Å². The SMILES string of the molecule is C=C(O)Cc1c(Cl)nc(Cc2ccc(NC(=O)c3ccc4ccccc4c3)cc2)nc1N1CCCC1C(=O)O. The van der Waals surface area contributed by atoms with Crippen molar-refractivity contribution >= 4 is 45.8 Å². The van der Waals surface area contributed by atoms with Crippen LogP contribution in [-0.4, -0.2) is 44.6 Å². The van der Waals surface area contributed by atoms with Crippen molar-refractivity contribution in [2.75, 3.05) is 16.8 Å². The Hall–Kier alpha value is -4.43. The second kappa shape index (κ2) is 11.1. The number of rotatable bonds is 8. The summed E-state index contributed by atoms with van der Waals surface area (Å²) in [6.07, 6.45) is 1.58. The molecule has 1 aliphatic heterocycles. The number of nitrogens with one attached hydrogen (secondary N) is 1. The molecule has 5 rings (SSSR count). The molecule has 1 aromatic heterocycles. The molecule has 1 fully saturated rings. The molecule has 3 N–H and O–H groups in total. The molecule has 3 aromatic carbocycles.